The summed E-state index contributed by atoms with van der Waals surface area (Å²) in [6.07, 6.45) is -1.82. The molecule has 0 bridgehead atoms. The lowest BCUT2D eigenvalue weighted by Crippen LogP contribution is -2.30. The molecule has 8 nitrogen and oxygen atoms in total. The number of aliphatic hydroxyl groups excluding tert-OH is 1. The van der Waals surface area contributed by atoms with Crippen molar-refractivity contribution in [2.75, 3.05) is 18.4 Å². The number of H-pyrrole nitrogens is 1. The lowest BCUT2D eigenvalue weighted by Gasteiger charge is -2.16. The number of hydrogen-bond donors (Lipinski definition) is 3. The number of alkyl halides is 1. The van der Waals surface area contributed by atoms with Crippen LogP contribution >= 0.6 is 11.6 Å². The molecule has 2 heterocycles. The highest BCUT2D eigenvalue weighted by Gasteiger charge is 2.39. The number of fused-ring (bicyclic) bond motifs is 1. The van der Waals surface area contributed by atoms with Gasteiger partial charge in [-0.25, -0.2) is 22.2 Å². The quantitative estimate of drug-likeness (QED) is 0.557. The first-order valence-corrected chi connectivity index (χ1v) is 10.5. The number of nitrogens with one attached hydrogen (secondary N) is 2. The summed E-state index contributed by atoms with van der Waals surface area (Å²) in [5.41, 5.74) is 0.648. The van der Waals surface area contributed by atoms with Gasteiger partial charge in [0.05, 0.1) is 32.8 Å². The fourth-order valence-corrected chi connectivity index (χ4v) is 4.87. The number of sulfonamides is 1. The number of rotatable bonds is 4. The van der Waals surface area contributed by atoms with Crippen LogP contribution in [-0.2, 0) is 10.0 Å². The third-order valence-corrected chi connectivity index (χ3v) is 6.85. The summed E-state index contributed by atoms with van der Waals surface area (Å²) in [4.78, 5) is 19.3. The Bertz CT molecular complexity index is 1240. The summed E-state index contributed by atoms with van der Waals surface area (Å²) in [6, 6.07) is 5.99. The molecule has 1 aliphatic rings. The minimum atomic E-state index is -4.19. The molecule has 2 unspecified atom stereocenters. The standard InChI is InChI=1S/C18H15ClF2N4O4S/c19-12-3-9(1-2-13(12)20)24-18(27)11-4-10(5-15-17(11)23-8-22-15)30(28,29)25-6-14(21)16(26)7-25/h1-5,8,14,16,26H,6-7H2,(H,22,23)(H,24,27). The van der Waals surface area contributed by atoms with Gasteiger partial charge in [0.25, 0.3) is 5.91 Å². The lowest BCUT2D eigenvalue weighted by molar-refractivity contribution is 0.102. The van der Waals surface area contributed by atoms with E-state index in [1.165, 1.54) is 24.5 Å². The van der Waals surface area contributed by atoms with Crippen LogP contribution in [0.1, 0.15) is 10.4 Å². The molecule has 1 fully saturated rings. The second kappa shape index (κ2) is 7.58. The van der Waals surface area contributed by atoms with Gasteiger partial charge in [-0.3, -0.25) is 4.79 Å². The van der Waals surface area contributed by atoms with E-state index in [1.54, 1.807) is 0 Å². The highest BCUT2D eigenvalue weighted by atomic mass is 35.5. The SMILES string of the molecule is O=C(Nc1ccc(F)c(Cl)c1)c1cc(S(=O)(=O)N2CC(O)C(F)C2)cc2nc[nH]c12. The van der Waals surface area contributed by atoms with Crippen LogP contribution in [0.3, 0.4) is 0 Å². The predicted molar refractivity (Wildman–Crippen MR) is 105 cm³/mol. The number of benzene rings is 2. The first kappa shape index (κ1) is 20.7. The second-order valence-corrected chi connectivity index (χ2v) is 9.10. The van der Waals surface area contributed by atoms with Gasteiger partial charge in [-0.05, 0) is 30.3 Å². The summed E-state index contributed by atoms with van der Waals surface area (Å²) in [6.45, 7) is -0.880. The smallest absolute Gasteiger partial charge is 0.257 e. The molecule has 30 heavy (non-hydrogen) atoms. The predicted octanol–water partition coefficient (Wildman–Crippen LogP) is 2.31. The minimum absolute atomic E-state index is 0.0411. The summed E-state index contributed by atoms with van der Waals surface area (Å²) < 4.78 is 53.7. The molecule has 1 saturated heterocycles. The Morgan fingerprint density at radius 1 is 1.30 bits per heavy atom. The largest absolute Gasteiger partial charge is 0.389 e. The normalized spacial score (nSPS) is 20.0. The second-order valence-electron chi connectivity index (χ2n) is 6.76. The molecule has 0 aliphatic carbocycles. The topological polar surface area (TPSA) is 115 Å². The fourth-order valence-electron chi connectivity index (χ4n) is 3.18. The van der Waals surface area contributed by atoms with Crippen molar-refractivity contribution in [2.45, 2.75) is 17.2 Å². The molecule has 2 aromatic carbocycles. The van der Waals surface area contributed by atoms with Crippen LogP contribution in [0, 0.1) is 5.82 Å². The van der Waals surface area contributed by atoms with Crippen LogP contribution in [0.25, 0.3) is 11.0 Å². The number of anilines is 1. The number of amides is 1. The van der Waals surface area contributed by atoms with Gasteiger partial charge >= 0.3 is 0 Å². The van der Waals surface area contributed by atoms with E-state index >= 15 is 0 Å². The number of carbonyl (C=O) groups excluding carboxylic acids is 1. The Morgan fingerprint density at radius 3 is 2.73 bits per heavy atom. The van der Waals surface area contributed by atoms with E-state index in [9.17, 15) is 27.1 Å². The van der Waals surface area contributed by atoms with E-state index in [2.05, 4.69) is 15.3 Å². The summed E-state index contributed by atoms with van der Waals surface area (Å²) in [5.74, 6) is -1.34. The minimum Gasteiger partial charge on any atom is -0.389 e. The number of carbonyl (C=O) groups is 1. The summed E-state index contributed by atoms with van der Waals surface area (Å²) in [5, 5.41) is 11.9. The van der Waals surface area contributed by atoms with Gasteiger partial charge in [-0.2, -0.15) is 4.31 Å². The average molecular weight is 457 g/mol. The molecule has 1 aliphatic heterocycles. The summed E-state index contributed by atoms with van der Waals surface area (Å²) >= 11 is 5.72. The van der Waals surface area contributed by atoms with E-state index in [4.69, 9.17) is 11.6 Å². The monoisotopic (exact) mass is 456 g/mol. The van der Waals surface area contributed by atoms with Crippen LogP contribution in [0.2, 0.25) is 5.02 Å². The Hall–Kier alpha value is -2.60. The van der Waals surface area contributed by atoms with Gasteiger partial charge in [0, 0.05) is 18.8 Å². The number of halogens is 3. The number of aromatic nitrogens is 2. The molecule has 4 rings (SSSR count). The van der Waals surface area contributed by atoms with Gasteiger partial charge in [0.15, 0.2) is 0 Å². The maximum absolute atomic E-state index is 13.7. The molecule has 2 atom stereocenters. The number of β-amino-alcohol motifs (C(OH)–C–C–N with tert-alkyl or cyclic N) is 1. The van der Waals surface area contributed by atoms with Crippen molar-refractivity contribution in [3.8, 4) is 0 Å². The molecule has 1 aromatic heterocycles. The van der Waals surface area contributed by atoms with E-state index < -0.39 is 47.1 Å². The Morgan fingerprint density at radius 2 is 2.07 bits per heavy atom. The molecule has 158 valence electrons. The van der Waals surface area contributed by atoms with Gasteiger partial charge in [0.2, 0.25) is 10.0 Å². The lowest BCUT2D eigenvalue weighted by atomic mass is 10.1. The maximum Gasteiger partial charge on any atom is 0.257 e. The molecular formula is C18H15ClF2N4O4S. The van der Waals surface area contributed by atoms with Crippen molar-refractivity contribution in [1.82, 2.24) is 14.3 Å². The molecule has 0 spiro atoms. The number of hydrogen-bond acceptors (Lipinski definition) is 5. The number of aliphatic hydroxyl groups is 1. The fraction of sp³-hybridized carbons (Fsp3) is 0.222. The van der Waals surface area contributed by atoms with E-state index in [0.717, 1.165) is 16.4 Å². The molecule has 12 heteroatoms. The first-order valence-electron chi connectivity index (χ1n) is 8.72. The summed E-state index contributed by atoms with van der Waals surface area (Å²) in [7, 11) is -4.19. The molecule has 3 N–H and O–H groups in total. The Kier molecular flexibility index (Phi) is 5.22. The average Bonchev–Trinajstić information content (AvgIpc) is 3.30. The zero-order valence-electron chi connectivity index (χ0n) is 15.1. The Balaban J connectivity index is 1.72. The molecule has 1 amide bonds. The van der Waals surface area contributed by atoms with Crippen molar-refractivity contribution < 1.29 is 27.1 Å². The van der Waals surface area contributed by atoms with Gasteiger partial charge in [0.1, 0.15) is 18.1 Å². The first-order chi connectivity index (χ1) is 14.2. The van der Waals surface area contributed by atoms with Crippen LogP contribution in [-0.4, -0.2) is 59.1 Å². The van der Waals surface area contributed by atoms with Crippen molar-refractivity contribution >= 4 is 44.3 Å². The number of nitrogens with zero attached hydrogens (tertiary/aromatic N) is 2. The van der Waals surface area contributed by atoms with Gasteiger partial charge in [-0.1, -0.05) is 11.6 Å². The van der Waals surface area contributed by atoms with E-state index in [0.29, 0.717) is 0 Å². The van der Waals surface area contributed by atoms with E-state index in [-0.39, 0.29) is 32.2 Å². The molecular weight excluding hydrogens is 442 g/mol. The van der Waals surface area contributed by atoms with Crippen molar-refractivity contribution in [1.29, 1.82) is 0 Å². The van der Waals surface area contributed by atoms with Crippen molar-refractivity contribution in [2.24, 2.45) is 0 Å². The highest BCUT2D eigenvalue weighted by Crippen LogP contribution is 2.28. The van der Waals surface area contributed by atoms with Crippen LogP contribution in [0.15, 0.2) is 41.6 Å². The molecule has 0 saturated carbocycles. The molecule has 3 aromatic rings. The van der Waals surface area contributed by atoms with Crippen LogP contribution in [0.5, 0.6) is 0 Å². The maximum atomic E-state index is 13.7. The van der Waals surface area contributed by atoms with Crippen molar-refractivity contribution in [3.63, 3.8) is 0 Å². The van der Waals surface area contributed by atoms with Crippen LogP contribution in [0.4, 0.5) is 14.5 Å². The highest BCUT2D eigenvalue weighted by molar-refractivity contribution is 7.89. The zero-order valence-corrected chi connectivity index (χ0v) is 16.7. The van der Waals surface area contributed by atoms with Crippen molar-refractivity contribution in [3.05, 3.63) is 53.1 Å². The van der Waals surface area contributed by atoms with Gasteiger partial charge < -0.3 is 15.4 Å². The number of imidazole rings is 1. The van der Waals surface area contributed by atoms with Gasteiger partial charge in [-0.15, -0.1) is 0 Å². The molecule has 0 radical (unpaired) electrons. The third kappa shape index (κ3) is 3.65. The zero-order chi connectivity index (χ0) is 21.6. The third-order valence-electron chi connectivity index (χ3n) is 4.75. The van der Waals surface area contributed by atoms with Crippen LogP contribution < -0.4 is 5.32 Å². The number of aromatic amines is 1. The van der Waals surface area contributed by atoms with E-state index in [1.807, 2.05) is 0 Å². The Labute approximate surface area is 174 Å².